The summed E-state index contributed by atoms with van der Waals surface area (Å²) in [4.78, 5) is 31.3. The molecule has 2 saturated heterocycles. The molecular weight excluding hydrogens is 584 g/mol. The standard InChI is InChI=1S/C36H44N2O6Si/c1-24-34(45(4,5)29-15-12-27(42-2)13-16-29)32(18-20-39)44-36(24)30-22-28(43-3)14-17-31(30)38(35(36)41)23-25-9-8-10-26(21-25)37-19-7-6-11-33(37)40/h8-10,12-17,21-22,24,32,34,39H,6-7,11,18-20,23H2,1-5H3/t24-,32+,34-,36+/m0/s1. The molecule has 0 radical (unpaired) electrons. The normalized spacial score (nSPS) is 24.8. The fourth-order valence-corrected chi connectivity index (χ4v) is 12.1. The fraction of sp³-hybridized carbons (Fsp3) is 0.444. The third-order valence-electron chi connectivity index (χ3n) is 10.3. The van der Waals surface area contributed by atoms with Crippen LogP contribution in [0.25, 0.3) is 0 Å². The van der Waals surface area contributed by atoms with Crippen LogP contribution in [0.3, 0.4) is 0 Å². The van der Waals surface area contributed by atoms with Crippen molar-refractivity contribution in [2.24, 2.45) is 5.92 Å². The highest BCUT2D eigenvalue weighted by Crippen LogP contribution is 2.60. The number of piperidine rings is 1. The molecule has 6 rings (SSSR count). The van der Waals surface area contributed by atoms with Gasteiger partial charge < -0.3 is 29.1 Å². The van der Waals surface area contributed by atoms with Crippen molar-refractivity contribution < 1.29 is 28.9 Å². The van der Waals surface area contributed by atoms with Crippen LogP contribution in [0.2, 0.25) is 18.6 Å². The summed E-state index contributed by atoms with van der Waals surface area (Å²) >= 11 is 0. The molecule has 0 saturated carbocycles. The Labute approximate surface area is 266 Å². The monoisotopic (exact) mass is 628 g/mol. The van der Waals surface area contributed by atoms with Gasteiger partial charge in [0.1, 0.15) is 11.5 Å². The summed E-state index contributed by atoms with van der Waals surface area (Å²) in [5.41, 5.74) is 2.26. The average Bonchev–Trinajstić information content (AvgIpc) is 3.47. The van der Waals surface area contributed by atoms with Crippen LogP contribution >= 0.6 is 0 Å². The lowest BCUT2D eigenvalue weighted by molar-refractivity contribution is -0.146. The lowest BCUT2D eigenvalue weighted by Gasteiger charge is -2.37. The number of aliphatic hydroxyl groups is 1. The second kappa shape index (κ2) is 12.3. The molecule has 238 valence electrons. The highest BCUT2D eigenvalue weighted by atomic mass is 28.3. The second-order valence-corrected chi connectivity index (χ2v) is 17.8. The first-order chi connectivity index (χ1) is 21.6. The maximum atomic E-state index is 14.9. The molecule has 4 atom stereocenters. The molecule has 1 spiro atoms. The van der Waals surface area contributed by atoms with Gasteiger partial charge in [-0.2, -0.15) is 0 Å². The highest BCUT2D eigenvalue weighted by molar-refractivity contribution is 6.91. The Morgan fingerprint density at radius 1 is 0.978 bits per heavy atom. The van der Waals surface area contributed by atoms with Crippen molar-refractivity contribution in [1.82, 2.24) is 0 Å². The minimum Gasteiger partial charge on any atom is -0.497 e. The van der Waals surface area contributed by atoms with E-state index in [0.29, 0.717) is 31.7 Å². The summed E-state index contributed by atoms with van der Waals surface area (Å²) in [5, 5.41) is 11.4. The SMILES string of the molecule is COc1ccc([Si](C)(C)[C@@H]2[C@@H](CCO)O[C@]3(C(=O)N(Cc4cccc(N5CCCCC5=O)c4)c4ccc(OC)cc43)[C@H]2C)cc1. The molecule has 8 nitrogen and oxygen atoms in total. The molecule has 3 aliphatic rings. The molecule has 0 aliphatic carbocycles. The molecule has 3 heterocycles. The Bertz CT molecular complexity index is 1580. The van der Waals surface area contributed by atoms with Gasteiger partial charge in [0.05, 0.1) is 40.6 Å². The Morgan fingerprint density at radius 3 is 2.40 bits per heavy atom. The van der Waals surface area contributed by atoms with E-state index >= 15 is 0 Å². The van der Waals surface area contributed by atoms with E-state index in [0.717, 1.165) is 41.1 Å². The van der Waals surface area contributed by atoms with E-state index in [1.54, 1.807) is 14.2 Å². The smallest absolute Gasteiger partial charge is 0.264 e. The maximum Gasteiger partial charge on any atom is 0.264 e. The number of methoxy groups -OCH3 is 2. The Balaban J connectivity index is 1.40. The molecule has 3 aliphatic heterocycles. The number of rotatable bonds is 9. The number of carbonyl (C=O) groups is 2. The summed E-state index contributed by atoms with van der Waals surface area (Å²) in [7, 11) is 1.02. The molecule has 45 heavy (non-hydrogen) atoms. The summed E-state index contributed by atoms with van der Waals surface area (Å²) in [6.07, 6.45) is 2.62. The van der Waals surface area contributed by atoms with Crippen LogP contribution in [-0.4, -0.2) is 58.5 Å². The minimum atomic E-state index is -2.27. The Kier molecular flexibility index (Phi) is 8.54. The van der Waals surface area contributed by atoms with Crippen LogP contribution in [-0.2, 0) is 26.5 Å². The number of ether oxygens (including phenoxy) is 3. The number of carbonyl (C=O) groups excluding carboxylic acids is 2. The van der Waals surface area contributed by atoms with Gasteiger partial charge in [-0.15, -0.1) is 0 Å². The molecule has 3 aromatic carbocycles. The number of fused-ring (bicyclic) bond motifs is 2. The van der Waals surface area contributed by atoms with Crippen molar-refractivity contribution in [3.05, 3.63) is 77.9 Å². The quantitative estimate of drug-likeness (QED) is 0.321. The topological polar surface area (TPSA) is 88.5 Å². The molecule has 9 heteroatoms. The predicted molar refractivity (Wildman–Crippen MR) is 178 cm³/mol. The first kappa shape index (κ1) is 31.3. The van der Waals surface area contributed by atoms with Crippen LogP contribution in [0.15, 0.2) is 66.7 Å². The first-order valence-corrected chi connectivity index (χ1v) is 19.1. The molecule has 0 aromatic heterocycles. The Morgan fingerprint density at radius 2 is 1.71 bits per heavy atom. The van der Waals surface area contributed by atoms with Gasteiger partial charge in [0.25, 0.3) is 5.91 Å². The third-order valence-corrected chi connectivity index (χ3v) is 14.7. The van der Waals surface area contributed by atoms with Crippen LogP contribution in [0.1, 0.15) is 43.7 Å². The van der Waals surface area contributed by atoms with E-state index in [1.165, 1.54) is 5.19 Å². The van der Waals surface area contributed by atoms with Crippen LogP contribution < -0.4 is 24.5 Å². The molecule has 0 unspecified atom stereocenters. The summed E-state index contributed by atoms with van der Waals surface area (Å²) in [6.45, 7) is 7.85. The van der Waals surface area contributed by atoms with E-state index in [9.17, 15) is 14.7 Å². The molecule has 3 aromatic rings. The number of hydrogen-bond donors (Lipinski definition) is 1. The summed E-state index contributed by atoms with van der Waals surface area (Å²) < 4.78 is 18.1. The number of nitrogens with zero attached hydrogens (tertiary/aromatic N) is 2. The van der Waals surface area contributed by atoms with Crippen LogP contribution in [0.5, 0.6) is 11.5 Å². The van der Waals surface area contributed by atoms with Gasteiger partial charge in [0.15, 0.2) is 5.60 Å². The van der Waals surface area contributed by atoms with Crippen molar-refractivity contribution in [3.63, 3.8) is 0 Å². The maximum absolute atomic E-state index is 14.9. The summed E-state index contributed by atoms with van der Waals surface area (Å²) in [6, 6.07) is 22.0. The second-order valence-electron chi connectivity index (χ2n) is 13.1. The molecule has 1 N–H and O–H groups in total. The van der Waals surface area contributed by atoms with Gasteiger partial charge in [0.2, 0.25) is 5.91 Å². The van der Waals surface area contributed by atoms with Gasteiger partial charge in [-0.1, -0.05) is 49.5 Å². The highest BCUT2D eigenvalue weighted by Gasteiger charge is 2.66. The zero-order valence-corrected chi connectivity index (χ0v) is 27.9. The van der Waals surface area contributed by atoms with Crippen molar-refractivity contribution in [3.8, 4) is 11.5 Å². The van der Waals surface area contributed by atoms with Gasteiger partial charge >= 0.3 is 0 Å². The van der Waals surface area contributed by atoms with Crippen LogP contribution in [0.4, 0.5) is 11.4 Å². The van der Waals surface area contributed by atoms with Crippen molar-refractivity contribution in [1.29, 1.82) is 0 Å². The lowest BCUT2D eigenvalue weighted by Crippen LogP contribution is -2.51. The molecular formula is C36H44N2O6Si. The van der Waals surface area contributed by atoms with Gasteiger partial charge in [-0.05, 0) is 72.8 Å². The van der Waals surface area contributed by atoms with Gasteiger partial charge in [-0.25, -0.2) is 0 Å². The van der Waals surface area contributed by atoms with Gasteiger partial charge in [0, 0.05) is 36.7 Å². The lowest BCUT2D eigenvalue weighted by atomic mass is 9.82. The molecule has 2 amide bonds. The van der Waals surface area contributed by atoms with Crippen LogP contribution in [0, 0.1) is 5.92 Å². The van der Waals surface area contributed by atoms with Crippen molar-refractivity contribution >= 4 is 36.4 Å². The van der Waals surface area contributed by atoms with E-state index in [2.05, 4.69) is 32.2 Å². The van der Waals surface area contributed by atoms with E-state index in [1.807, 2.05) is 64.4 Å². The zero-order valence-electron chi connectivity index (χ0n) is 26.9. The summed E-state index contributed by atoms with van der Waals surface area (Å²) in [5.74, 6) is 1.35. The third kappa shape index (κ3) is 5.24. The van der Waals surface area contributed by atoms with Gasteiger partial charge in [-0.3, -0.25) is 9.59 Å². The number of amides is 2. The number of anilines is 2. The number of hydrogen-bond acceptors (Lipinski definition) is 6. The predicted octanol–water partition coefficient (Wildman–Crippen LogP) is 5.37. The largest absolute Gasteiger partial charge is 0.497 e. The molecule has 0 bridgehead atoms. The van der Waals surface area contributed by atoms with Crippen molar-refractivity contribution in [2.45, 2.75) is 69.5 Å². The van der Waals surface area contributed by atoms with Crippen molar-refractivity contribution in [2.75, 3.05) is 37.2 Å². The molecule has 2 fully saturated rings. The number of benzene rings is 3. The zero-order chi connectivity index (χ0) is 31.9. The first-order valence-electron chi connectivity index (χ1n) is 16.0. The number of aliphatic hydroxyl groups excluding tert-OH is 1. The Hall–Kier alpha value is -3.66. The van der Waals surface area contributed by atoms with E-state index in [-0.39, 0.29) is 36.0 Å². The fourth-order valence-electron chi connectivity index (χ4n) is 8.06. The van der Waals surface area contributed by atoms with E-state index in [4.69, 9.17) is 14.2 Å². The minimum absolute atomic E-state index is 0.0258. The average molecular weight is 629 g/mol. The van der Waals surface area contributed by atoms with E-state index < -0.39 is 13.7 Å².